The van der Waals surface area contributed by atoms with Crippen molar-refractivity contribution in [2.24, 2.45) is 10.2 Å². The van der Waals surface area contributed by atoms with E-state index in [1.54, 1.807) is 6.34 Å². The highest BCUT2D eigenvalue weighted by Gasteiger charge is 1.99. The molecule has 0 unspecified atom stereocenters. The lowest BCUT2D eigenvalue weighted by molar-refractivity contribution is 0.452. The van der Waals surface area contributed by atoms with E-state index in [-0.39, 0.29) is 0 Å². The van der Waals surface area contributed by atoms with Crippen LogP contribution in [-0.2, 0) is 0 Å². The lowest BCUT2D eigenvalue weighted by Crippen LogP contribution is -2.09. The SMILES string of the molecule is N=NN1C=NCC1. The molecule has 0 saturated carbocycles. The van der Waals surface area contributed by atoms with Crippen LogP contribution in [0.3, 0.4) is 0 Å². The smallest absolute Gasteiger partial charge is 0.108 e. The second-order valence-corrected chi connectivity index (χ2v) is 1.28. The van der Waals surface area contributed by atoms with E-state index < -0.39 is 0 Å². The Bertz CT molecular complexity index is 97.1. The van der Waals surface area contributed by atoms with Gasteiger partial charge < -0.3 is 0 Å². The van der Waals surface area contributed by atoms with Crippen molar-refractivity contribution in [3.05, 3.63) is 0 Å². The molecule has 1 aliphatic heterocycles. The minimum absolute atomic E-state index is 0.767. The van der Waals surface area contributed by atoms with Crippen LogP contribution in [0.15, 0.2) is 10.2 Å². The summed E-state index contributed by atoms with van der Waals surface area (Å²) in [4.78, 5) is 3.82. The van der Waals surface area contributed by atoms with E-state index in [0.29, 0.717) is 0 Å². The minimum Gasteiger partial charge on any atom is -0.272 e. The van der Waals surface area contributed by atoms with E-state index in [0.717, 1.165) is 13.1 Å². The van der Waals surface area contributed by atoms with Gasteiger partial charge in [-0.1, -0.05) is 5.22 Å². The molecular weight excluding hydrogens is 92.1 g/mol. The van der Waals surface area contributed by atoms with Gasteiger partial charge in [-0.25, -0.2) is 5.01 Å². The molecule has 7 heavy (non-hydrogen) atoms. The van der Waals surface area contributed by atoms with Crippen LogP contribution in [-0.4, -0.2) is 24.4 Å². The Morgan fingerprint density at radius 1 is 1.86 bits per heavy atom. The van der Waals surface area contributed by atoms with Gasteiger partial charge in [-0.15, -0.1) is 0 Å². The first-order valence-corrected chi connectivity index (χ1v) is 2.07. The van der Waals surface area contributed by atoms with Gasteiger partial charge >= 0.3 is 0 Å². The maximum atomic E-state index is 6.46. The summed E-state index contributed by atoms with van der Waals surface area (Å²) in [5, 5.41) is 4.61. The molecule has 1 aliphatic rings. The van der Waals surface area contributed by atoms with Crippen LogP contribution in [0.5, 0.6) is 0 Å². The zero-order valence-corrected chi connectivity index (χ0v) is 3.83. The van der Waals surface area contributed by atoms with Gasteiger partial charge in [0, 0.05) is 0 Å². The number of rotatable bonds is 1. The van der Waals surface area contributed by atoms with E-state index in [4.69, 9.17) is 5.53 Å². The van der Waals surface area contributed by atoms with Gasteiger partial charge in [-0.3, -0.25) is 4.99 Å². The van der Waals surface area contributed by atoms with Crippen LogP contribution in [0, 0.1) is 5.53 Å². The van der Waals surface area contributed by atoms with E-state index in [1.165, 1.54) is 5.01 Å². The van der Waals surface area contributed by atoms with Crippen molar-refractivity contribution >= 4 is 6.34 Å². The van der Waals surface area contributed by atoms with Crippen LogP contribution in [0.2, 0.25) is 0 Å². The zero-order chi connectivity index (χ0) is 5.11. The van der Waals surface area contributed by atoms with Crippen molar-refractivity contribution in [2.75, 3.05) is 13.1 Å². The summed E-state index contributed by atoms with van der Waals surface area (Å²) < 4.78 is 0. The molecule has 38 valence electrons. The molecule has 0 aromatic rings. The number of nitrogens with zero attached hydrogens (tertiary/aromatic N) is 3. The summed E-state index contributed by atoms with van der Waals surface area (Å²) in [6.07, 6.45) is 1.56. The molecular formula is C3H6N4. The van der Waals surface area contributed by atoms with Gasteiger partial charge in [0.1, 0.15) is 6.34 Å². The van der Waals surface area contributed by atoms with Gasteiger partial charge in [-0.2, -0.15) is 5.53 Å². The number of hydrogen-bond acceptors (Lipinski definition) is 3. The van der Waals surface area contributed by atoms with Gasteiger partial charge in [-0.05, 0) is 0 Å². The highest BCUT2D eigenvalue weighted by atomic mass is 15.5. The first-order chi connectivity index (χ1) is 3.43. The summed E-state index contributed by atoms with van der Waals surface area (Å²) >= 11 is 0. The van der Waals surface area contributed by atoms with Gasteiger partial charge in [0.25, 0.3) is 0 Å². The fourth-order valence-electron chi connectivity index (χ4n) is 0.446. The Balaban J connectivity index is 2.42. The maximum absolute atomic E-state index is 6.46. The maximum Gasteiger partial charge on any atom is 0.108 e. The third-order valence-corrected chi connectivity index (χ3v) is 0.802. The predicted molar refractivity (Wildman–Crippen MR) is 25.2 cm³/mol. The third kappa shape index (κ3) is 0.734. The fraction of sp³-hybridized carbons (Fsp3) is 0.667. The van der Waals surface area contributed by atoms with Crippen LogP contribution in [0.4, 0.5) is 0 Å². The van der Waals surface area contributed by atoms with Crippen LogP contribution < -0.4 is 0 Å². The van der Waals surface area contributed by atoms with Crippen LogP contribution in [0.25, 0.3) is 0 Å². The van der Waals surface area contributed by atoms with Gasteiger partial charge in [0.05, 0.1) is 13.1 Å². The Hall–Kier alpha value is -0.930. The van der Waals surface area contributed by atoms with Crippen molar-refractivity contribution in [1.29, 1.82) is 5.53 Å². The number of nitrogens with one attached hydrogen (secondary N) is 1. The van der Waals surface area contributed by atoms with Gasteiger partial charge in [0.2, 0.25) is 0 Å². The normalized spacial score (nSPS) is 18.0. The molecule has 0 fully saturated rings. The predicted octanol–water partition coefficient (Wildman–Crippen LogP) is 0.276. The van der Waals surface area contributed by atoms with E-state index in [2.05, 4.69) is 10.2 Å². The molecule has 0 aromatic carbocycles. The molecule has 1 heterocycles. The molecule has 4 heteroatoms. The average molecular weight is 98.1 g/mol. The molecule has 0 aliphatic carbocycles. The monoisotopic (exact) mass is 98.1 g/mol. The largest absolute Gasteiger partial charge is 0.272 e. The highest BCUT2D eigenvalue weighted by Crippen LogP contribution is 1.90. The first-order valence-electron chi connectivity index (χ1n) is 2.07. The van der Waals surface area contributed by atoms with E-state index >= 15 is 0 Å². The molecule has 0 spiro atoms. The van der Waals surface area contributed by atoms with Gasteiger partial charge in [0.15, 0.2) is 0 Å². The quantitative estimate of drug-likeness (QED) is 0.470. The fourth-order valence-corrected chi connectivity index (χ4v) is 0.446. The Kier molecular flexibility index (Phi) is 1.02. The van der Waals surface area contributed by atoms with Crippen molar-refractivity contribution in [3.63, 3.8) is 0 Å². The molecule has 1 N–H and O–H groups in total. The lowest BCUT2D eigenvalue weighted by Gasteiger charge is -1.98. The van der Waals surface area contributed by atoms with E-state index in [1.807, 2.05) is 0 Å². The summed E-state index contributed by atoms with van der Waals surface area (Å²) in [7, 11) is 0. The zero-order valence-electron chi connectivity index (χ0n) is 3.83. The lowest BCUT2D eigenvalue weighted by atomic mass is 10.7. The number of aliphatic imine (C=N–C) groups is 1. The summed E-state index contributed by atoms with van der Waals surface area (Å²) in [6, 6.07) is 0. The molecule has 0 saturated heterocycles. The van der Waals surface area contributed by atoms with Crippen LogP contribution >= 0.6 is 0 Å². The Labute approximate surface area is 41.3 Å². The number of hydrogen-bond donors (Lipinski definition) is 1. The second kappa shape index (κ2) is 1.68. The third-order valence-electron chi connectivity index (χ3n) is 0.802. The van der Waals surface area contributed by atoms with Crippen LogP contribution in [0.1, 0.15) is 0 Å². The molecule has 0 atom stereocenters. The second-order valence-electron chi connectivity index (χ2n) is 1.28. The molecule has 0 bridgehead atoms. The van der Waals surface area contributed by atoms with Crippen molar-refractivity contribution in [3.8, 4) is 0 Å². The molecule has 0 amide bonds. The summed E-state index contributed by atoms with van der Waals surface area (Å²) in [5.41, 5.74) is 6.46. The summed E-state index contributed by atoms with van der Waals surface area (Å²) in [6.45, 7) is 1.55. The minimum atomic E-state index is 0.767. The molecule has 0 aromatic heterocycles. The molecule has 0 radical (unpaired) electrons. The topological polar surface area (TPSA) is 51.8 Å². The average Bonchev–Trinajstić information content (AvgIpc) is 2.14. The standard InChI is InChI=1S/C3H6N4/c4-6-7-2-1-5-3-7/h3-4H,1-2H2. The van der Waals surface area contributed by atoms with Crippen molar-refractivity contribution in [1.82, 2.24) is 5.01 Å². The molecule has 4 nitrogen and oxygen atoms in total. The Morgan fingerprint density at radius 3 is 3.00 bits per heavy atom. The molecule has 1 rings (SSSR count). The van der Waals surface area contributed by atoms with E-state index in [9.17, 15) is 0 Å². The Morgan fingerprint density at radius 2 is 2.71 bits per heavy atom. The highest BCUT2D eigenvalue weighted by molar-refractivity contribution is 5.56. The first kappa shape index (κ1) is 4.23. The van der Waals surface area contributed by atoms with Crippen molar-refractivity contribution in [2.45, 2.75) is 0 Å². The summed E-state index contributed by atoms with van der Waals surface area (Å²) in [5.74, 6) is 0. The van der Waals surface area contributed by atoms with Crippen molar-refractivity contribution < 1.29 is 0 Å².